The van der Waals surface area contributed by atoms with Crippen LogP contribution in [0.1, 0.15) is 162 Å². The number of unbranched alkanes of at least 4 members (excludes halogenated alkanes) is 1. The van der Waals surface area contributed by atoms with Crippen LogP contribution in [0.2, 0.25) is 0 Å². The maximum Gasteiger partial charge on any atom is 0.326 e. The van der Waals surface area contributed by atoms with Gasteiger partial charge in [-0.1, -0.05) is 66.5 Å². The number of aliphatic hydroxyl groups excluding tert-OH is 3. The van der Waals surface area contributed by atoms with E-state index >= 15 is 14.4 Å². The number of hydrogen-bond donors (Lipinski definition) is 30. The van der Waals surface area contributed by atoms with E-state index in [2.05, 4.69) is 105 Å². The van der Waals surface area contributed by atoms with Crippen LogP contribution in [0.15, 0.2) is 49.3 Å². The number of imidazole rings is 2. The summed E-state index contributed by atoms with van der Waals surface area (Å²) < 4.78 is 0. The number of carbonyl (C=O) groups is 20. The number of carbonyl (C=O) groups excluding carboxylic acids is 18. The summed E-state index contributed by atoms with van der Waals surface area (Å²) in [5, 5.41) is 109. The minimum Gasteiger partial charge on any atom is -0.508 e. The smallest absolute Gasteiger partial charge is 0.326 e. The van der Waals surface area contributed by atoms with Crippen molar-refractivity contribution in [2.24, 2.45) is 46.4 Å². The molecule has 3 aromatic rings. The quantitative estimate of drug-likeness (QED) is 0.0142. The van der Waals surface area contributed by atoms with Crippen LogP contribution in [-0.2, 0) is 115 Å². The predicted molar refractivity (Wildman–Crippen MR) is 501 cm³/mol. The second kappa shape index (κ2) is 60.2. The fourth-order valence-electron chi connectivity index (χ4n) is 14.3. The van der Waals surface area contributed by atoms with E-state index < -0.39 is 290 Å². The highest BCUT2D eigenvalue weighted by atomic mass is 32.2. The number of nitrogens with zero attached hydrogens (tertiary/aromatic N) is 3. The summed E-state index contributed by atoms with van der Waals surface area (Å²) in [6.07, 6.45) is -0.129. The number of aromatic nitrogens is 4. The second-order valence-corrected chi connectivity index (χ2v) is 35.3. The highest BCUT2D eigenvalue weighted by molar-refractivity contribution is 7.98. The van der Waals surface area contributed by atoms with Crippen LogP contribution in [0.3, 0.4) is 0 Å². The average molecular weight is 2000 g/mol. The van der Waals surface area contributed by atoms with Gasteiger partial charge >= 0.3 is 11.9 Å². The molecule has 778 valence electrons. The first-order valence-electron chi connectivity index (χ1n) is 45.6. The van der Waals surface area contributed by atoms with E-state index in [1.165, 1.54) is 74.9 Å². The van der Waals surface area contributed by atoms with Crippen molar-refractivity contribution in [2.75, 3.05) is 44.8 Å². The van der Waals surface area contributed by atoms with Gasteiger partial charge in [0, 0.05) is 62.6 Å². The molecular formula is C86H137N27O26S. The van der Waals surface area contributed by atoms with Gasteiger partial charge in [0.2, 0.25) is 106 Å². The fraction of sp³-hybridized carbons (Fsp3) is 0.616. The van der Waals surface area contributed by atoms with Gasteiger partial charge in [-0.2, -0.15) is 11.8 Å². The number of thioether (sulfide) groups is 1. The minimum atomic E-state index is -2.11. The zero-order valence-electron chi connectivity index (χ0n) is 79.5. The summed E-state index contributed by atoms with van der Waals surface area (Å²) >= 11 is 1.24. The third kappa shape index (κ3) is 40.4. The molecule has 2 aromatic heterocycles. The van der Waals surface area contributed by atoms with Crippen molar-refractivity contribution in [3.05, 3.63) is 66.3 Å². The van der Waals surface area contributed by atoms with E-state index in [0.29, 0.717) is 12.0 Å². The number of nitrogens with one attached hydrogen (secondary N) is 19. The Morgan fingerprint density at radius 3 is 1.45 bits per heavy atom. The van der Waals surface area contributed by atoms with Gasteiger partial charge in [0.15, 0.2) is 5.96 Å². The summed E-state index contributed by atoms with van der Waals surface area (Å²) in [5.41, 5.74) is 28.9. The van der Waals surface area contributed by atoms with Crippen LogP contribution in [0.5, 0.6) is 5.75 Å². The molecule has 1 aromatic carbocycles. The molecule has 1 aliphatic rings. The van der Waals surface area contributed by atoms with Crippen molar-refractivity contribution in [1.29, 1.82) is 5.41 Å². The van der Waals surface area contributed by atoms with Crippen molar-refractivity contribution in [3.8, 4) is 5.75 Å². The van der Waals surface area contributed by atoms with Gasteiger partial charge in [0.05, 0.1) is 56.9 Å². The Labute approximate surface area is 810 Å². The number of aromatic amines is 2. The van der Waals surface area contributed by atoms with Crippen LogP contribution < -0.4 is 114 Å². The average Bonchev–Trinajstić information content (AvgIpc) is 1.77. The number of phenolic OH excluding ortho intramolecular Hbond substituents is 1. The Morgan fingerprint density at radius 2 is 0.950 bits per heavy atom. The lowest BCUT2D eigenvalue weighted by molar-refractivity contribution is -0.143. The molecule has 53 nitrogen and oxygen atoms in total. The maximum absolute atomic E-state index is 15.1. The van der Waals surface area contributed by atoms with E-state index in [1.807, 2.05) is 0 Å². The third-order valence-corrected chi connectivity index (χ3v) is 23.5. The van der Waals surface area contributed by atoms with Gasteiger partial charge in [-0.25, -0.2) is 14.8 Å². The first-order chi connectivity index (χ1) is 66.1. The summed E-state index contributed by atoms with van der Waals surface area (Å²) in [4.78, 5) is 291. The topological polar surface area (TPSA) is 870 Å². The standard InChI is InChI=1S/C86H137N27O26S/c1-10-42(5)65(90)79(132)96-37-63(120)109-68(44(7)115)82(135)107-58(34-64(121)122)75(128)105-57(33-62(89)119)76(129)110-66(41(3)4)80(133)106-56(32-48-36-94-40-98-48)74(127)103-54(30-46-19-21-49(117)22-20-46)72(125)99-50(16-12-13-26-87)70(123)111-67(43(6)11-2)81(134)100-51(25-29-140-9)71(124)112-69(45(8)116)83(136)101-52(17-14-27-95-86(91)92)84(137)113-28-15-18-60(113)78(131)108-59(38-114)77(130)104-55(31-47-35-93-39-97-47)73(126)102-53(85(138)139)23-24-61(88)118/h19-22,35-36,39-45,50-60,65-69,114-117H,10-18,23-34,37-38,87,90H2,1-9H3,(H2,88,118)(H2,89,119)(H,93,97)(H,94,98)(H,96,132)(H,99,125)(H,100,134)(H,101,136)(H,102,126)(H,103,127)(H,104,130)(H,105,128)(H,106,133)(H,107,135)(H,108,131)(H,109,120)(H,110,129)(H,111,123)(H,112,124)(H,121,122)(H,138,139)(H4,91,92,95)/t42-,43-,44+,45+,50-,51-,52-,53-,54-,55-,56-,57-,58-,59-,60-,65-,66-,67-,68-,69-/m0/s1. The number of primary amides is 2. The van der Waals surface area contributed by atoms with E-state index in [1.54, 1.807) is 34.0 Å². The van der Waals surface area contributed by atoms with Gasteiger partial charge in [0.1, 0.15) is 96.4 Å². The van der Waals surface area contributed by atoms with Crippen LogP contribution in [0.25, 0.3) is 0 Å². The number of benzene rings is 1. The van der Waals surface area contributed by atoms with E-state index in [4.69, 9.17) is 34.1 Å². The number of aromatic hydroxyl groups is 1. The molecule has 1 fully saturated rings. The molecule has 0 unspecified atom stereocenters. The highest BCUT2D eigenvalue weighted by Gasteiger charge is 2.44. The predicted octanol–water partition coefficient (Wildman–Crippen LogP) is -9.56. The Kier molecular flexibility index (Phi) is 51.0. The van der Waals surface area contributed by atoms with Crippen LogP contribution in [-0.4, -0.2) is 333 Å². The number of rotatable bonds is 64. The van der Waals surface area contributed by atoms with Crippen molar-refractivity contribution >= 4 is 136 Å². The highest BCUT2D eigenvalue weighted by Crippen LogP contribution is 2.23. The number of carboxylic acid groups (broad SMARTS) is 2. The van der Waals surface area contributed by atoms with E-state index in [-0.39, 0.29) is 119 Å². The number of phenols is 1. The molecule has 20 atom stereocenters. The first kappa shape index (κ1) is 119. The van der Waals surface area contributed by atoms with E-state index in [0.717, 1.165) is 18.7 Å². The summed E-state index contributed by atoms with van der Waals surface area (Å²) in [7, 11) is 0. The molecule has 0 bridgehead atoms. The molecule has 18 amide bonds. The number of guanidine groups is 1. The lowest BCUT2D eigenvalue weighted by Crippen LogP contribution is -2.63. The van der Waals surface area contributed by atoms with Crippen molar-refractivity contribution in [3.63, 3.8) is 0 Å². The molecule has 1 saturated heterocycles. The monoisotopic (exact) mass is 2000 g/mol. The second-order valence-electron chi connectivity index (χ2n) is 34.3. The first-order valence-corrected chi connectivity index (χ1v) is 47.0. The zero-order valence-corrected chi connectivity index (χ0v) is 80.3. The molecular weight excluding hydrogens is 1860 g/mol. The van der Waals surface area contributed by atoms with Gasteiger partial charge < -0.3 is 159 Å². The molecule has 0 radical (unpaired) electrons. The molecule has 0 spiro atoms. The minimum absolute atomic E-state index is 0.0104. The Balaban J connectivity index is 1.63. The number of H-pyrrole nitrogens is 2. The third-order valence-electron chi connectivity index (χ3n) is 22.8. The lowest BCUT2D eigenvalue weighted by atomic mass is 9.96. The Bertz CT molecular complexity index is 4690. The molecule has 3 heterocycles. The fourth-order valence-corrected chi connectivity index (χ4v) is 14.8. The number of hydrogen-bond acceptors (Lipinski definition) is 30. The molecule has 0 aliphatic carbocycles. The van der Waals surface area contributed by atoms with Gasteiger partial charge in [0.25, 0.3) is 0 Å². The number of aliphatic carboxylic acids is 2. The van der Waals surface area contributed by atoms with Gasteiger partial charge in [-0.05, 0) is 126 Å². The normalized spacial score (nSPS) is 16.4. The maximum atomic E-state index is 15.1. The van der Waals surface area contributed by atoms with Gasteiger partial charge in [-0.15, -0.1) is 0 Å². The number of amides is 18. The zero-order chi connectivity index (χ0) is 105. The van der Waals surface area contributed by atoms with Crippen LogP contribution >= 0.6 is 11.8 Å². The molecule has 0 saturated carbocycles. The van der Waals surface area contributed by atoms with E-state index in [9.17, 15) is 112 Å². The largest absolute Gasteiger partial charge is 0.508 e. The van der Waals surface area contributed by atoms with Crippen molar-refractivity contribution < 1.29 is 127 Å². The molecule has 54 heteroatoms. The molecule has 1 aliphatic heterocycles. The number of likely N-dealkylation sites (tertiary alicyclic amines) is 1. The molecule has 4 rings (SSSR count). The van der Waals surface area contributed by atoms with Crippen LogP contribution in [0.4, 0.5) is 0 Å². The number of nitrogens with two attached hydrogens (primary N) is 5. The Hall–Kier alpha value is -13.7. The van der Waals surface area contributed by atoms with Crippen LogP contribution in [0, 0.1) is 23.2 Å². The SMILES string of the molecule is CC[C@H](C)[C@H](N)C(=O)NCC(=O)N[C@H](C(=O)N[C@@H](CC(=O)O)C(=O)N[C@@H](CC(N)=O)C(=O)N[C@H](C(=O)N[C@@H](Cc1cnc[nH]1)C(=O)N[C@@H](Cc1ccc(O)cc1)C(=O)N[C@@H](CCCCN)C(=O)N[C@H](C(=O)N[C@@H](CCSC)C(=O)N[C@H](C(=O)N[C@@H](CCCNC(=N)N)C(=O)N1CCC[C@H]1C(=O)N[C@@H](CO)C(=O)N[C@@H](Cc1cnc[nH]1)C(=O)N[C@@H](CCC(N)=O)C(=O)O)[C@@H](C)O)[C@@H](C)CC)C(C)C)[C@@H](C)O. The lowest BCUT2D eigenvalue weighted by Gasteiger charge is -2.32. The summed E-state index contributed by atoms with van der Waals surface area (Å²) in [6, 6.07) is -21.3. The van der Waals surface area contributed by atoms with Crippen molar-refractivity contribution in [2.45, 2.75) is 273 Å². The molecule has 35 N–H and O–H groups in total. The summed E-state index contributed by atoms with van der Waals surface area (Å²) in [6.45, 7) is 9.98. The number of aliphatic hydroxyl groups is 3. The van der Waals surface area contributed by atoms with Gasteiger partial charge in [-0.3, -0.25) is 96.5 Å². The Morgan fingerprint density at radius 1 is 0.500 bits per heavy atom. The molecule has 140 heavy (non-hydrogen) atoms. The summed E-state index contributed by atoms with van der Waals surface area (Å²) in [5.74, 6) is -25.0. The van der Waals surface area contributed by atoms with Crippen molar-refractivity contribution in [1.82, 2.24) is 110 Å². The number of carboxylic acids is 2.